The van der Waals surface area contributed by atoms with Crippen LogP contribution >= 0.6 is 0 Å². The number of aliphatic hydroxyl groups is 2. The molecule has 5 nitrogen and oxygen atoms in total. The highest BCUT2D eigenvalue weighted by molar-refractivity contribution is 5.94. The Labute approximate surface area is 196 Å². The van der Waals surface area contributed by atoms with Crippen molar-refractivity contribution < 1.29 is 24.5 Å². The van der Waals surface area contributed by atoms with Gasteiger partial charge in [-0.3, -0.25) is 4.79 Å². The van der Waals surface area contributed by atoms with Gasteiger partial charge in [0.2, 0.25) is 5.78 Å². The van der Waals surface area contributed by atoms with Gasteiger partial charge in [0.05, 0.1) is 5.56 Å². The van der Waals surface area contributed by atoms with Crippen molar-refractivity contribution in [3.63, 3.8) is 0 Å². The van der Waals surface area contributed by atoms with Crippen LogP contribution in [0.1, 0.15) is 88.4 Å². The Hall–Kier alpha value is -1.72. The van der Waals surface area contributed by atoms with E-state index in [9.17, 15) is 19.8 Å². The molecule has 4 saturated carbocycles. The lowest BCUT2D eigenvalue weighted by atomic mass is 9.45. The molecule has 0 spiro atoms. The monoisotopic (exact) mass is 454 g/mol. The number of rotatable bonds is 4. The van der Waals surface area contributed by atoms with Gasteiger partial charge in [-0.1, -0.05) is 44.9 Å². The Morgan fingerprint density at radius 3 is 2.36 bits per heavy atom. The number of fused-ring (bicyclic) bond motifs is 5. The van der Waals surface area contributed by atoms with Gasteiger partial charge in [-0.05, 0) is 98.0 Å². The number of ketones is 1. The van der Waals surface area contributed by atoms with Crippen LogP contribution < -0.4 is 0 Å². The molecule has 5 rings (SSSR count). The smallest absolute Gasteiger partial charge is 0.388 e. The highest BCUT2D eigenvalue weighted by Gasteiger charge is 2.62. The molecule has 5 heteroatoms. The maximum atomic E-state index is 13.4. The van der Waals surface area contributed by atoms with Crippen LogP contribution in [0.3, 0.4) is 0 Å². The highest BCUT2D eigenvalue weighted by atomic mass is 16.8. The summed E-state index contributed by atoms with van der Waals surface area (Å²) in [4.78, 5) is 25.8. The molecule has 0 aliphatic heterocycles. The van der Waals surface area contributed by atoms with Crippen LogP contribution in [0.4, 0.5) is 0 Å². The molecule has 0 radical (unpaired) electrons. The minimum absolute atomic E-state index is 0.186. The van der Waals surface area contributed by atoms with E-state index in [4.69, 9.17) is 4.74 Å². The summed E-state index contributed by atoms with van der Waals surface area (Å²) in [5.41, 5.74) is 0.339. The molecule has 33 heavy (non-hydrogen) atoms. The van der Waals surface area contributed by atoms with Crippen molar-refractivity contribution in [1.82, 2.24) is 0 Å². The minimum Gasteiger partial charge on any atom is -0.398 e. The summed E-state index contributed by atoms with van der Waals surface area (Å²) in [6, 6.07) is 8.14. The standard InChI is InChI=1S/C28H38O5/c1-26-16-7-6-10-19(26)11-12-20-21-13-14-23(27(21,2)17-15-22(20)26)24(29)28(31,32)33-25(30)18-8-4-3-5-9-18/h3-5,8-9,19-23,31-32H,6-7,10-17H2,1-2H3/t19?,20-,21-,22-,23-,26-,27-/m0/s1. The first-order valence-corrected chi connectivity index (χ1v) is 12.9. The molecule has 1 unspecified atom stereocenters. The van der Waals surface area contributed by atoms with Crippen molar-refractivity contribution in [2.75, 3.05) is 0 Å². The van der Waals surface area contributed by atoms with E-state index in [-0.39, 0.29) is 11.0 Å². The molecule has 2 N–H and O–H groups in total. The molecule has 4 aliphatic carbocycles. The second-order valence-electron chi connectivity index (χ2n) is 11.8. The van der Waals surface area contributed by atoms with Crippen molar-refractivity contribution in [3.05, 3.63) is 35.9 Å². The number of benzene rings is 1. The van der Waals surface area contributed by atoms with E-state index < -0.39 is 23.6 Å². The summed E-state index contributed by atoms with van der Waals surface area (Å²) in [6.07, 6.45) is 11.5. The van der Waals surface area contributed by atoms with Crippen LogP contribution in [-0.4, -0.2) is 27.9 Å². The molecule has 1 aromatic carbocycles. The molecular formula is C28H38O5. The average molecular weight is 455 g/mol. The zero-order valence-corrected chi connectivity index (χ0v) is 20.0. The first-order chi connectivity index (χ1) is 15.7. The van der Waals surface area contributed by atoms with E-state index in [2.05, 4.69) is 13.8 Å². The SMILES string of the molecule is C[C@]12CC[C@H]3[C@@H](CCC4CCCC[C@@]43C)[C@@H]1CC[C@H]2C(=O)C(O)(O)OC(=O)c1ccccc1. The fraction of sp³-hybridized carbons (Fsp3) is 0.714. The summed E-state index contributed by atoms with van der Waals surface area (Å²) in [5, 5.41) is 21.1. The van der Waals surface area contributed by atoms with Gasteiger partial charge in [-0.25, -0.2) is 4.79 Å². The van der Waals surface area contributed by atoms with Crippen molar-refractivity contribution in [3.8, 4) is 0 Å². The molecule has 4 fully saturated rings. The van der Waals surface area contributed by atoms with Crippen LogP contribution in [0, 0.1) is 40.4 Å². The molecule has 1 aromatic rings. The van der Waals surface area contributed by atoms with Gasteiger partial charge >= 0.3 is 11.9 Å². The van der Waals surface area contributed by atoms with Crippen molar-refractivity contribution in [2.24, 2.45) is 40.4 Å². The van der Waals surface area contributed by atoms with Crippen LogP contribution in [0.25, 0.3) is 0 Å². The minimum atomic E-state index is -3.10. The number of ether oxygens (including phenoxy) is 1. The number of hydrogen-bond donors (Lipinski definition) is 2. The molecule has 0 heterocycles. The summed E-state index contributed by atoms with van der Waals surface area (Å²) in [6.45, 7) is 4.71. The highest BCUT2D eigenvalue weighted by Crippen LogP contribution is 2.67. The van der Waals surface area contributed by atoms with Crippen LogP contribution in [0.5, 0.6) is 0 Å². The second kappa shape index (κ2) is 8.20. The van der Waals surface area contributed by atoms with Gasteiger partial charge in [0, 0.05) is 5.92 Å². The molecule has 7 atom stereocenters. The fourth-order valence-corrected chi connectivity index (χ4v) is 8.77. The van der Waals surface area contributed by atoms with E-state index >= 15 is 0 Å². The number of carbonyl (C=O) groups excluding carboxylic acids is 2. The Kier molecular flexibility index (Phi) is 5.72. The number of hydrogen-bond acceptors (Lipinski definition) is 5. The first-order valence-electron chi connectivity index (χ1n) is 12.9. The van der Waals surface area contributed by atoms with Crippen LogP contribution in [0.2, 0.25) is 0 Å². The maximum absolute atomic E-state index is 13.4. The summed E-state index contributed by atoms with van der Waals surface area (Å²) in [7, 11) is 0. The lowest BCUT2D eigenvalue weighted by Crippen LogP contribution is -2.55. The normalized spacial score (nSPS) is 40.3. The van der Waals surface area contributed by atoms with Gasteiger partial charge in [-0.2, -0.15) is 0 Å². The molecule has 0 saturated heterocycles. The second-order valence-corrected chi connectivity index (χ2v) is 11.8. The van der Waals surface area contributed by atoms with Gasteiger partial charge in [0.25, 0.3) is 0 Å². The van der Waals surface area contributed by atoms with E-state index in [1.807, 2.05) is 0 Å². The first kappa shape index (κ1) is 23.0. The Morgan fingerprint density at radius 2 is 1.61 bits per heavy atom. The predicted molar refractivity (Wildman–Crippen MR) is 124 cm³/mol. The Bertz CT molecular complexity index is 910. The van der Waals surface area contributed by atoms with Crippen molar-refractivity contribution >= 4 is 11.8 Å². The Morgan fingerprint density at radius 1 is 0.879 bits per heavy atom. The fourth-order valence-electron chi connectivity index (χ4n) is 8.77. The van der Waals surface area contributed by atoms with E-state index in [1.165, 1.54) is 50.7 Å². The summed E-state index contributed by atoms with van der Waals surface area (Å²) < 4.78 is 4.94. The third kappa shape index (κ3) is 3.67. The van der Waals surface area contributed by atoms with Crippen molar-refractivity contribution in [1.29, 1.82) is 0 Å². The lowest BCUT2D eigenvalue weighted by Gasteiger charge is -2.60. The molecule has 0 aromatic heterocycles. The average Bonchev–Trinajstić information content (AvgIpc) is 3.15. The van der Waals surface area contributed by atoms with E-state index in [0.717, 1.165) is 25.2 Å². The number of Topliss-reactive ketones (excluding diaryl/α,β-unsaturated/α-hetero) is 1. The van der Waals surface area contributed by atoms with Gasteiger partial charge in [-0.15, -0.1) is 0 Å². The molecule has 0 amide bonds. The predicted octanol–water partition coefficient (Wildman–Crippen LogP) is 5.10. The summed E-state index contributed by atoms with van der Waals surface area (Å²) >= 11 is 0. The topological polar surface area (TPSA) is 83.8 Å². The van der Waals surface area contributed by atoms with Gasteiger partial charge < -0.3 is 14.9 Å². The quantitative estimate of drug-likeness (QED) is 0.488. The third-order valence-corrected chi connectivity index (χ3v) is 10.5. The zero-order valence-electron chi connectivity index (χ0n) is 20.0. The van der Waals surface area contributed by atoms with Gasteiger partial charge in [0.1, 0.15) is 0 Å². The number of carbonyl (C=O) groups is 2. The Balaban J connectivity index is 1.33. The number of esters is 1. The lowest BCUT2D eigenvalue weighted by molar-refractivity contribution is -0.289. The van der Waals surface area contributed by atoms with E-state index in [0.29, 0.717) is 29.6 Å². The molecule has 4 aliphatic rings. The molecule has 180 valence electrons. The van der Waals surface area contributed by atoms with Crippen molar-refractivity contribution in [2.45, 2.75) is 84.0 Å². The molecular weight excluding hydrogens is 416 g/mol. The third-order valence-electron chi connectivity index (χ3n) is 10.5. The molecule has 0 bridgehead atoms. The largest absolute Gasteiger partial charge is 0.398 e. The van der Waals surface area contributed by atoms with Gasteiger partial charge in [0.15, 0.2) is 0 Å². The maximum Gasteiger partial charge on any atom is 0.388 e. The summed E-state index contributed by atoms with van der Waals surface area (Å²) in [5.74, 6) is -2.67. The van der Waals surface area contributed by atoms with Crippen LogP contribution in [-0.2, 0) is 9.53 Å². The van der Waals surface area contributed by atoms with Crippen LogP contribution in [0.15, 0.2) is 30.3 Å². The van der Waals surface area contributed by atoms with E-state index in [1.54, 1.807) is 18.2 Å². The zero-order chi connectivity index (χ0) is 23.4.